The van der Waals surface area contributed by atoms with E-state index in [-0.39, 0.29) is 0 Å². The van der Waals surface area contributed by atoms with E-state index in [0.29, 0.717) is 12.2 Å². The van der Waals surface area contributed by atoms with Crippen molar-refractivity contribution in [1.29, 1.82) is 0 Å². The van der Waals surface area contributed by atoms with E-state index in [2.05, 4.69) is 41.0 Å². The molecule has 6 rings (SSSR count). The average Bonchev–Trinajstić information content (AvgIpc) is 3.26. The summed E-state index contributed by atoms with van der Waals surface area (Å²) in [6.07, 6.45) is 1.89. The molecule has 0 atom stereocenters. The van der Waals surface area contributed by atoms with Gasteiger partial charge in [-0.25, -0.2) is 9.97 Å². The van der Waals surface area contributed by atoms with Crippen molar-refractivity contribution >= 4 is 22.1 Å². The number of methoxy groups -OCH3 is 1. The summed E-state index contributed by atoms with van der Waals surface area (Å²) in [6, 6.07) is 32.8. The molecular formula is C29H22N4O. The second kappa shape index (κ2) is 8.45. The smallest absolute Gasteiger partial charge is 0.178 e. The topological polar surface area (TPSA) is 52.8 Å². The minimum absolute atomic E-state index is 0.577. The summed E-state index contributed by atoms with van der Waals surface area (Å²) in [4.78, 5) is 14.5. The van der Waals surface area contributed by atoms with E-state index < -0.39 is 0 Å². The fourth-order valence-electron chi connectivity index (χ4n) is 4.29. The van der Waals surface area contributed by atoms with Gasteiger partial charge in [0.15, 0.2) is 5.65 Å². The van der Waals surface area contributed by atoms with E-state index >= 15 is 0 Å². The number of ether oxygens (including phenoxy) is 1. The SMILES string of the molecule is COc1cccc(-c2nc3ncc(-c4ccccc4)cc3n2Cc2ccc3ccccc3n2)c1. The fourth-order valence-corrected chi connectivity index (χ4v) is 4.29. The lowest BCUT2D eigenvalue weighted by molar-refractivity contribution is 0.415. The van der Waals surface area contributed by atoms with Crippen molar-refractivity contribution in [2.45, 2.75) is 6.54 Å². The van der Waals surface area contributed by atoms with E-state index in [4.69, 9.17) is 19.7 Å². The maximum atomic E-state index is 5.47. The molecule has 0 radical (unpaired) electrons. The number of rotatable bonds is 5. The van der Waals surface area contributed by atoms with Gasteiger partial charge in [0.05, 0.1) is 30.4 Å². The third-order valence-corrected chi connectivity index (χ3v) is 6.02. The molecule has 0 bridgehead atoms. The van der Waals surface area contributed by atoms with Crippen LogP contribution < -0.4 is 4.74 Å². The summed E-state index contributed by atoms with van der Waals surface area (Å²) in [5.74, 6) is 1.62. The first-order valence-corrected chi connectivity index (χ1v) is 11.2. The molecule has 0 fully saturated rings. The first kappa shape index (κ1) is 20.1. The summed E-state index contributed by atoms with van der Waals surface area (Å²) >= 11 is 0. The van der Waals surface area contributed by atoms with Crippen LogP contribution in [0.15, 0.2) is 103 Å². The Balaban J connectivity index is 1.54. The maximum Gasteiger partial charge on any atom is 0.178 e. The molecule has 0 unspecified atom stereocenters. The highest BCUT2D eigenvalue weighted by atomic mass is 16.5. The number of benzene rings is 3. The van der Waals surface area contributed by atoms with Gasteiger partial charge in [-0.3, -0.25) is 4.98 Å². The van der Waals surface area contributed by atoms with Crippen LogP contribution in [0, 0.1) is 0 Å². The zero-order valence-corrected chi connectivity index (χ0v) is 18.7. The van der Waals surface area contributed by atoms with Crippen molar-refractivity contribution < 1.29 is 4.74 Å². The minimum atomic E-state index is 0.577. The molecule has 34 heavy (non-hydrogen) atoms. The van der Waals surface area contributed by atoms with Gasteiger partial charge < -0.3 is 9.30 Å². The van der Waals surface area contributed by atoms with Crippen LogP contribution in [0.4, 0.5) is 0 Å². The number of imidazole rings is 1. The molecule has 0 aliphatic rings. The van der Waals surface area contributed by atoms with E-state index in [9.17, 15) is 0 Å². The number of nitrogens with zero attached hydrogens (tertiary/aromatic N) is 4. The highest BCUT2D eigenvalue weighted by molar-refractivity contribution is 5.83. The van der Waals surface area contributed by atoms with Gasteiger partial charge in [-0.15, -0.1) is 0 Å². The Morgan fingerprint density at radius 2 is 1.56 bits per heavy atom. The summed E-state index contributed by atoms with van der Waals surface area (Å²) < 4.78 is 7.66. The third kappa shape index (κ3) is 3.67. The Kier molecular flexibility index (Phi) is 5.00. The molecule has 5 nitrogen and oxygen atoms in total. The van der Waals surface area contributed by atoms with Crippen molar-refractivity contribution in [1.82, 2.24) is 19.5 Å². The van der Waals surface area contributed by atoms with Gasteiger partial charge in [0, 0.05) is 22.7 Å². The van der Waals surface area contributed by atoms with E-state index in [1.165, 1.54) is 0 Å². The first-order chi connectivity index (χ1) is 16.8. The lowest BCUT2D eigenvalue weighted by atomic mass is 10.1. The molecule has 6 aromatic rings. The van der Waals surface area contributed by atoms with Crippen LogP contribution >= 0.6 is 0 Å². The summed E-state index contributed by atoms with van der Waals surface area (Å²) in [6.45, 7) is 0.577. The van der Waals surface area contributed by atoms with Gasteiger partial charge >= 0.3 is 0 Å². The number of para-hydroxylation sites is 1. The molecule has 0 spiro atoms. The Bertz CT molecular complexity index is 1620. The largest absolute Gasteiger partial charge is 0.497 e. The van der Waals surface area contributed by atoms with Crippen LogP contribution in [0.5, 0.6) is 5.75 Å². The van der Waals surface area contributed by atoms with E-state index in [0.717, 1.165) is 50.4 Å². The maximum absolute atomic E-state index is 5.47. The Morgan fingerprint density at radius 3 is 2.44 bits per heavy atom. The van der Waals surface area contributed by atoms with Crippen molar-refractivity contribution in [3.63, 3.8) is 0 Å². The molecule has 0 N–H and O–H groups in total. The Morgan fingerprint density at radius 1 is 0.735 bits per heavy atom. The van der Waals surface area contributed by atoms with Gasteiger partial charge in [0.1, 0.15) is 11.6 Å². The zero-order chi connectivity index (χ0) is 22.9. The predicted molar refractivity (Wildman–Crippen MR) is 136 cm³/mol. The molecule has 0 aliphatic carbocycles. The van der Waals surface area contributed by atoms with Gasteiger partial charge in [-0.1, -0.05) is 66.7 Å². The monoisotopic (exact) mass is 442 g/mol. The fraction of sp³-hybridized carbons (Fsp3) is 0.0690. The number of aromatic nitrogens is 4. The normalized spacial score (nSPS) is 11.2. The number of hydrogen-bond acceptors (Lipinski definition) is 4. The summed E-state index contributed by atoms with van der Waals surface area (Å²) in [7, 11) is 1.68. The van der Waals surface area contributed by atoms with Gasteiger partial charge in [0.25, 0.3) is 0 Å². The lowest BCUT2D eigenvalue weighted by Crippen LogP contribution is -2.04. The van der Waals surface area contributed by atoms with E-state index in [1.807, 2.05) is 66.9 Å². The summed E-state index contributed by atoms with van der Waals surface area (Å²) in [5, 5.41) is 1.13. The van der Waals surface area contributed by atoms with Gasteiger partial charge in [-0.2, -0.15) is 0 Å². The molecule has 164 valence electrons. The predicted octanol–water partition coefficient (Wildman–Crippen LogP) is 6.37. The highest BCUT2D eigenvalue weighted by Crippen LogP contribution is 2.30. The molecule has 5 heteroatoms. The molecule has 0 saturated heterocycles. The molecular weight excluding hydrogens is 420 g/mol. The van der Waals surface area contributed by atoms with Crippen LogP contribution in [-0.2, 0) is 6.54 Å². The highest BCUT2D eigenvalue weighted by Gasteiger charge is 2.16. The van der Waals surface area contributed by atoms with E-state index in [1.54, 1.807) is 7.11 Å². The van der Waals surface area contributed by atoms with Crippen molar-refractivity contribution in [3.8, 4) is 28.3 Å². The van der Waals surface area contributed by atoms with Gasteiger partial charge in [0.2, 0.25) is 0 Å². The first-order valence-electron chi connectivity index (χ1n) is 11.2. The van der Waals surface area contributed by atoms with Crippen molar-refractivity contribution in [2.75, 3.05) is 7.11 Å². The molecule has 3 heterocycles. The second-order valence-electron chi connectivity index (χ2n) is 8.18. The molecule has 0 amide bonds. The number of pyridine rings is 2. The van der Waals surface area contributed by atoms with Crippen LogP contribution in [-0.4, -0.2) is 26.6 Å². The van der Waals surface area contributed by atoms with Crippen LogP contribution in [0.2, 0.25) is 0 Å². The number of hydrogen-bond donors (Lipinski definition) is 0. The molecule has 3 aromatic heterocycles. The van der Waals surface area contributed by atoms with Crippen molar-refractivity contribution in [3.05, 3.63) is 109 Å². The van der Waals surface area contributed by atoms with Gasteiger partial charge in [-0.05, 0) is 35.9 Å². The van der Waals surface area contributed by atoms with Crippen LogP contribution in [0.25, 0.3) is 44.6 Å². The number of fused-ring (bicyclic) bond motifs is 2. The van der Waals surface area contributed by atoms with Crippen molar-refractivity contribution in [2.24, 2.45) is 0 Å². The van der Waals surface area contributed by atoms with Crippen LogP contribution in [0.1, 0.15) is 5.69 Å². The third-order valence-electron chi connectivity index (χ3n) is 6.02. The molecule has 0 saturated carbocycles. The second-order valence-corrected chi connectivity index (χ2v) is 8.18. The zero-order valence-electron chi connectivity index (χ0n) is 18.7. The Hall–Kier alpha value is -4.51. The minimum Gasteiger partial charge on any atom is -0.497 e. The quantitative estimate of drug-likeness (QED) is 0.311. The standard InChI is InChI=1S/C29H22N4O/c1-34-25-12-7-11-22(16-25)29-32-28-27(17-23(18-30-28)20-8-3-2-4-9-20)33(29)19-24-15-14-21-10-5-6-13-26(21)31-24/h2-18H,19H2,1H3. The lowest BCUT2D eigenvalue weighted by Gasteiger charge is -2.11. The van der Waals surface area contributed by atoms with Crippen LogP contribution in [0.3, 0.4) is 0 Å². The summed E-state index contributed by atoms with van der Waals surface area (Å²) in [5.41, 5.74) is 6.77. The average molecular weight is 443 g/mol. The Labute approximate surface area is 197 Å². The molecule has 0 aliphatic heterocycles. The molecule has 3 aromatic carbocycles.